The molecular weight excluding hydrogens is 254 g/mol. The minimum atomic E-state index is 0.341. The number of morpholine rings is 2. The summed E-state index contributed by atoms with van der Waals surface area (Å²) in [4.78, 5) is 5.06. The molecule has 2 heterocycles. The lowest BCUT2D eigenvalue weighted by Crippen LogP contribution is -2.56. The standard InChI is InChI=1S/C15H31N3O2/c1-4-16-9-14-12-19-7-5-18(14)11-15-10-17(13(2)3)6-8-20-15/h13-16H,4-12H2,1-3H3. The molecule has 0 aliphatic carbocycles. The van der Waals surface area contributed by atoms with Crippen molar-refractivity contribution in [3.05, 3.63) is 0 Å². The highest BCUT2D eigenvalue weighted by molar-refractivity contribution is 4.83. The number of hydrogen-bond acceptors (Lipinski definition) is 5. The number of nitrogens with one attached hydrogen (secondary N) is 1. The lowest BCUT2D eigenvalue weighted by atomic mass is 10.1. The summed E-state index contributed by atoms with van der Waals surface area (Å²) in [6.07, 6.45) is 0.341. The van der Waals surface area contributed by atoms with E-state index in [2.05, 4.69) is 35.9 Å². The second-order valence-electron chi connectivity index (χ2n) is 6.11. The van der Waals surface area contributed by atoms with Crippen LogP contribution in [0.4, 0.5) is 0 Å². The van der Waals surface area contributed by atoms with Crippen molar-refractivity contribution in [3.63, 3.8) is 0 Å². The van der Waals surface area contributed by atoms with Crippen LogP contribution in [0, 0.1) is 0 Å². The average Bonchev–Trinajstić information content (AvgIpc) is 2.46. The molecule has 0 amide bonds. The van der Waals surface area contributed by atoms with Crippen molar-refractivity contribution in [1.29, 1.82) is 0 Å². The van der Waals surface area contributed by atoms with Crippen LogP contribution in [-0.2, 0) is 9.47 Å². The summed E-state index contributed by atoms with van der Waals surface area (Å²) in [6.45, 7) is 15.5. The van der Waals surface area contributed by atoms with Gasteiger partial charge >= 0.3 is 0 Å². The molecule has 2 atom stereocenters. The third kappa shape index (κ3) is 4.67. The first-order valence-electron chi connectivity index (χ1n) is 8.08. The first-order chi connectivity index (χ1) is 9.70. The monoisotopic (exact) mass is 285 g/mol. The summed E-state index contributed by atoms with van der Waals surface area (Å²) in [7, 11) is 0. The Kier molecular flexibility index (Phi) is 6.71. The Hall–Kier alpha value is -0.200. The van der Waals surface area contributed by atoms with Crippen molar-refractivity contribution in [2.45, 2.75) is 39.0 Å². The number of hydrogen-bond donors (Lipinski definition) is 1. The van der Waals surface area contributed by atoms with Crippen molar-refractivity contribution in [2.24, 2.45) is 0 Å². The van der Waals surface area contributed by atoms with Crippen LogP contribution in [0.2, 0.25) is 0 Å². The molecule has 2 unspecified atom stereocenters. The minimum Gasteiger partial charge on any atom is -0.378 e. The fourth-order valence-electron chi connectivity index (χ4n) is 3.01. The Morgan fingerprint density at radius 3 is 2.85 bits per heavy atom. The van der Waals surface area contributed by atoms with Gasteiger partial charge in [-0.1, -0.05) is 6.92 Å². The molecule has 0 bridgehead atoms. The summed E-state index contributed by atoms with van der Waals surface area (Å²) < 4.78 is 11.6. The summed E-state index contributed by atoms with van der Waals surface area (Å²) in [5.74, 6) is 0. The Morgan fingerprint density at radius 1 is 1.25 bits per heavy atom. The Bertz CT molecular complexity index is 276. The second kappa shape index (κ2) is 8.29. The van der Waals surface area contributed by atoms with Gasteiger partial charge in [0.05, 0.1) is 25.9 Å². The van der Waals surface area contributed by atoms with Gasteiger partial charge in [0.2, 0.25) is 0 Å². The van der Waals surface area contributed by atoms with E-state index in [4.69, 9.17) is 9.47 Å². The van der Waals surface area contributed by atoms with Crippen LogP contribution in [0.5, 0.6) is 0 Å². The van der Waals surface area contributed by atoms with Crippen molar-refractivity contribution in [3.8, 4) is 0 Å². The van der Waals surface area contributed by atoms with Gasteiger partial charge in [-0.3, -0.25) is 9.80 Å². The Balaban J connectivity index is 1.83. The largest absolute Gasteiger partial charge is 0.378 e. The molecule has 0 saturated carbocycles. The average molecular weight is 285 g/mol. The van der Waals surface area contributed by atoms with E-state index in [0.29, 0.717) is 18.2 Å². The van der Waals surface area contributed by atoms with Crippen molar-refractivity contribution < 1.29 is 9.47 Å². The minimum absolute atomic E-state index is 0.341. The lowest BCUT2D eigenvalue weighted by Gasteiger charge is -2.41. The molecule has 2 aliphatic rings. The predicted octanol–water partition coefficient (Wildman–Crippen LogP) is 0.406. The van der Waals surface area contributed by atoms with E-state index >= 15 is 0 Å². The summed E-state index contributed by atoms with van der Waals surface area (Å²) >= 11 is 0. The van der Waals surface area contributed by atoms with Gasteiger partial charge in [-0.05, 0) is 20.4 Å². The van der Waals surface area contributed by atoms with Crippen molar-refractivity contribution >= 4 is 0 Å². The molecule has 5 nitrogen and oxygen atoms in total. The molecule has 0 aromatic heterocycles. The molecule has 0 aromatic carbocycles. The van der Waals surface area contributed by atoms with Gasteiger partial charge in [-0.15, -0.1) is 0 Å². The molecule has 118 valence electrons. The third-order valence-electron chi connectivity index (χ3n) is 4.32. The summed E-state index contributed by atoms with van der Waals surface area (Å²) in [6, 6.07) is 1.10. The van der Waals surface area contributed by atoms with Crippen molar-refractivity contribution in [1.82, 2.24) is 15.1 Å². The van der Waals surface area contributed by atoms with Crippen LogP contribution in [-0.4, -0.2) is 87.1 Å². The SMILES string of the molecule is CCNCC1COCCN1CC1CN(C(C)C)CCO1. The van der Waals surface area contributed by atoms with Crippen molar-refractivity contribution in [2.75, 3.05) is 59.1 Å². The highest BCUT2D eigenvalue weighted by atomic mass is 16.5. The fourth-order valence-corrected chi connectivity index (χ4v) is 3.01. The van der Waals surface area contributed by atoms with Crippen LogP contribution in [0.3, 0.4) is 0 Å². The Labute approximate surface area is 123 Å². The molecule has 2 fully saturated rings. The van der Waals surface area contributed by atoms with Crippen LogP contribution in [0.15, 0.2) is 0 Å². The van der Waals surface area contributed by atoms with E-state index in [1.165, 1.54) is 0 Å². The molecule has 2 saturated heterocycles. The van der Waals surface area contributed by atoms with Gasteiger partial charge in [0.15, 0.2) is 0 Å². The number of likely N-dealkylation sites (N-methyl/N-ethyl adjacent to an activating group) is 1. The fraction of sp³-hybridized carbons (Fsp3) is 1.00. The molecule has 1 N–H and O–H groups in total. The van der Waals surface area contributed by atoms with E-state index in [9.17, 15) is 0 Å². The van der Waals surface area contributed by atoms with E-state index in [0.717, 1.165) is 59.1 Å². The van der Waals surface area contributed by atoms with Crippen LogP contribution in [0.25, 0.3) is 0 Å². The van der Waals surface area contributed by atoms with E-state index in [1.807, 2.05) is 0 Å². The zero-order valence-corrected chi connectivity index (χ0v) is 13.3. The molecule has 2 rings (SSSR count). The number of nitrogens with zero attached hydrogens (tertiary/aromatic N) is 2. The van der Waals surface area contributed by atoms with Crippen LogP contribution >= 0.6 is 0 Å². The van der Waals surface area contributed by atoms with E-state index in [-0.39, 0.29) is 0 Å². The molecule has 0 aromatic rings. The molecular formula is C15H31N3O2. The van der Waals surface area contributed by atoms with Gasteiger partial charge in [0.25, 0.3) is 0 Å². The number of rotatable bonds is 6. The zero-order chi connectivity index (χ0) is 14.4. The van der Waals surface area contributed by atoms with Crippen LogP contribution in [0.1, 0.15) is 20.8 Å². The third-order valence-corrected chi connectivity index (χ3v) is 4.32. The summed E-state index contributed by atoms with van der Waals surface area (Å²) in [5, 5.41) is 3.44. The smallest absolute Gasteiger partial charge is 0.0829 e. The molecule has 2 aliphatic heterocycles. The molecule has 5 heteroatoms. The quantitative estimate of drug-likeness (QED) is 0.765. The Morgan fingerprint density at radius 2 is 2.10 bits per heavy atom. The first kappa shape index (κ1) is 16.2. The maximum Gasteiger partial charge on any atom is 0.0829 e. The van der Waals surface area contributed by atoms with Gasteiger partial charge < -0.3 is 14.8 Å². The number of ether oxygens (including phenoxy) is 2. The lowest BCUT2D eigenvalue weighted by molar-refractivity contribution is -0.0775. The van der Waals surface area contributed by atoms with Gasteiger partial charge in [0.1, 0.15) is 0 Å². The zero-order valence-electron chi connectivity index (χ0n) is 13.3. The van der Waals surface area contributed by atoms with E-state index < -0.39 is 0 Å². The molecule has 20 heavy (non-hydrogen) atoms. The van der Waals surface area contributed by atoms with Gasteiger partial charge in [0, 0.05) is 44.8 Å². The topological polar surface area (TPSA) is 37.0 Å². The second-order valence-corrected chi connectivity index (χ2v) is 6.11. The molecule has 0 radical (unpaired) electrons. The van der Waals surface area contributed by atoms with Gasteiger partial charge in [-0.2, -0.15) is 0 Å². The summed E-state index contributed by atoms with van der Waals surface area (Å²) in [5.41, 5.74) is 0. The first-order valence-corrected chi connectivity index (χ1v) is 8.08. The van der Waals surface area contributed by atoms with Gasteiger partial charge in [-0.25, -0.2) is 0 Å². The van der Waals surface area contributed by atoms with E-state index in [1.54, 1.807) is 0 Å². The molecule has 0 spiro atoms. The highest BCUT2D eigenvalue weighted by Crippen LogP contribution is 2.13. The maximum absolute atomic E-state index is 5.97. The predicted molar refractivity (Wildman–Crippen MR) is 81.2 cm³/mol. The highest BCUT2D eigenvalue weighted by Gasteiger charge is 2.28. The van der Waals surface area contributed by atoms with Crippen LogP contribution < -0.4 is 5.32 Å². The normalized spacial score (nSPS) is 30.0. The maximum atomic E-state index is 5.97.